The zero-order chi connectivity index (χ0) is 6.41. The first-order valence-electron chi connectivity index (χ1n) is 3.53. The van der Waals surface area contributed by atoms with Crippen molar-refractivity contribution < 1.29 is 0 Å². The van der Waals surface area contributed by atoms with Gasteiger partial charge in [-0.25, -0.2) is 0 Å². The number of hydrogen-bond donors (Lipinski definition) is 0. The summed E-state index contributed by atoms with van der Waals surface area (Å²) >= 11 is 0. The molecule has 1 aliphatic heterocycles. The highest BCUT2D eigenvalue weighted by Crippen LogP contribution is 2.70. The van der Waals surface area contributed by atoms with Crippen molar-refractivity contribution in [3.05, 3.63) is 0 Å². The molecule has 8 heavy (non-hydrogen) atoms. The summed E-state index contributed by atoms with van der Waals surface area (Å²) < 4.78 is 0. The maximum absolute atomic E-state index is 2.50. The van der Waals surface area contributed by atoms with Gasteiger partial charge in [0.15, 0.2) is 5.87 Å². The fourth-order valence-electron chi connectivity index (χ4n) is 1.16. The molecule has 0 bridgehead atoms. The van der Waals surface area contributed by atoms with Gasteiger partial charge in [0, 0.05) is 13.3 Å². The first kappa shape index (κ1) is 6.61. The van der Waals surface area contributed by atoms with E-state index < -0.39 is 0 Å². The second-order valence-electron chi connectivity index (χ2n) is 4.38. The first-order valence-corrected chi connectivity index (χ1v) is 6.47. The molecule has 0 aromatic rings. The number of hydrogen-bond acceptors (Lipinski definition) is 0. The Kier molecular flexibility index (Phi) is 1.24. The van der Waals surface area contributed by atoms with Gasteiger partial charge in [-0.05, 0) is 6.16 Å². The average Bonchev–Trinajstić information content (AvgIpc) is 1.64. The Labute approximate surface area is 53.3 Å². The van der Waals surface area contributed by atoms with Crippen LogP contribution in [0.25, 0.3) is 0 Å². The molecule has 0 unspecified atom stereocenters. The summed E-state index contributed by atoms with van der Waals surface area (Å²) in [5.74, 6) is 0.146. The zero-order valence-electron chi connectivity index (χ0n) is 6.44. The molecule has 1 saturated heterocycles. The molecule has 0 aliphatic carbocycles. The molecule has 1 fully saturated rings. The van der Waals surface area contributed by atoms with Gasteiger partial charge in [0.05, 0.1) is 0 Å². The molecule has 0 aromatic heterocycles. The molecule has 1 rings (SSSR count). The van der Waals surface area contributed by atoms with Crippen molar-refractivity contribution in [2.45, 2.75) is 20.0 Å². The van der Waals surface area contributed by atoms with Crippen molar-refractivity contribution in [2.24, 2.45) is 0 Å². The summed E-state index contributed by atoms with van der Waals surface area (Å²) in [7, 11) is -0.356. The SMILES string of the molecule is C[B-]1(C)CC[P+]1(C)C. The quantitative estimate of drug-likeness (QED) is 0.349. The van der Waals surface area contributed by atoms with E-state index in [0.717, 1.165) is 0 Å². The molecule has 0 nitrogen and oxygen atoms in total. The molecule has 0 aromatic carbocycles. The summed E-state index contributed by atoms with van der Waals surface area (Å²) in [4.78, 5) is 0. The molecule has 0 N–H and O–H groups in total. The zero-order valence-corrected chi connectivity index (χ0v) is 7.33. The van der Waals surface area contributed by atoms with Gasteiger partial charge >= 0.3 is 0 Å². The van der Waals surface area contributed by atoms with Gasteiger partial charge < -0.3 is 0 Å². The van der Waals surface area contributed by atoms with E-state index in [2.05, 4.69) is 27.0 Å². The van der Waals surface area contributed by atoms with Crippen molar-refractivity contribution in [3.63, 3.8) is 0 Å². The van der Waals surface area contributed by atoms with Gasteiger partial charge in [-0.2, -0.15) is 20.8 Å². The first-order chi connectivity index (χ1) is 3.46. The third kappa shape index (κ3) is 0.721. The van der Waals surface area contributed by atoms with E-state index in [1.165, 1.54) is 6.32 Å². The smallest absolute Gasteiger partial charge is 0.158 e. The van der Waals surface area contributed by atoms with Crippen LogP contribution in [-0.2, 0) is 0 Å². The van der Waals surface area contributed by atoms with E-state index in [4.69, 9.17) is 0 Å². The lowest BCUT2D eigenvalue weighted by molar-refractivity contribution is 1.32. The topological polar surface area (TPSA) is 0 Å². The van der Waals surface area contributed by atoms with Crippen LogP contribution in [-0.4, -0.2) is 25.4 Å². The predicted molar refractivity (Wildman–Crippen MR) is 45.9 cm³/mol. The van der Waals surface area contributed by atoms with Crippen LogP contribution in [0.15, 0.2) is 0 Å². The molecule has 0 atom stereocenters. The van der Waals surface area contributed by atoms with Gasteiger partial charge in [0.2, 0.25) is 0 Å². The fourth-order valence-corrected chi connectivity index (χ4v) is 3.49. The monoisotopic (exact) mass is 130 g/mol. The van der Waals surface area contributed by atoms with E-state index >= 15 is 0 Å². The highest BCUT2D eigenvalue weighted by Gasteiger charge is 2.46. The number of rotatable bonds is 0. The van der Waals surface area contributed by atoms with Crippen LogP contribution >= 0.6 is 7.14 Å². The maximum Gasteiger partial charge on any atom is 0.165 e. The lowest BCUT2D eigenvalue weighted by Gasteiger charge is -2.51. The molecule has 0 radical (unpaired) electrons. The second-order valence-corrected chi connectivity index (χ2v) is 9.79. The standard InChI is InChI=1S/C6H16BP/c1-7(2)5-6-8(7,3)4/h5-6H2,1-4H3. The summed E-state index contributed by atoms with van der Waals surface area (Å²) in [6.07, 6.45) is 3.08. The van der Waals surface area contributed by atoms with Crippen molar-refractivity contribution in [3.8, 4) is 0 Å². The van der Waals surface area contributed by atoms with Crippen molar-refractivity contribution in [1.82, 2.24) is 0 Å². The van der Waals surface area contributed by atoms with Crippen molar-refractivity contribution in [1.29, 1.82) is 0 Å². The molecule has 1 aliphatic rings. The Balaban J connectivity index is 2.63. The van der Waals surface area contributed by atoms with Gasteiger partial charge in [0.25, 0.3) is 0 Å². The highest BCUT2D eigenvalue weighted by atomic mass is 31.2. The second kappa shape index (κ2) is 1.50. The molecule has 2 heteroatoms. The van der Waals surface area contributed by atoms with E-state index in [-0.39, 0.29) is 13.0 Å². The van der Waals surface area contributed by atoms with E-state index in [9.17, 15) is 0 Å². The summed E-state index contributed by atoms with van der Waals surface area (Å²) in [6.45, 7) is 9.93. The van der Waals surface area contributed by atoms with Crippen LogP contribution in [0.1, 0.15) is 0 Å². The Morgan fingerprint density at radius 3 is 1.62 bits per heavy atom. The summed E-state index contributed by atoms with van der Waals surface area (Å²) in [6, 6.07) is 0. The van der Waals surface area contributed by atoms with Crippen LogP contribution in [0.5, 0.6) is 0 Å². The average molecular weight is 130 g/mol. The lowest BCUT2D eigenvalue weighted by atomic mass is 9.48. The van der Waals surface area contributed by atoms with E-state index in [1.54, 1.807) is 6.16 Å². The Hall–Kier alpha value is 0.495. The molecule has 0 amide bonds. The Bertz CT molecular complexity index is 93.1. The fraction of sp³-hybridized carbons (Fsp3) is 1.00. The summed E-state index contributed by atoms with van der Waals surface area (Å²) in [5.41, 5.74) is 0. The van der Waals surface area contributed by atoms with Crippen molar-refractivity contribution in [2.75, 3.05) is 19.5 Å². The minimum absolute atomic E-state index is 0.146. The molecule has 0 spiro atoms. The molecule has 48 valence electrons. The Morgan fingerprint density at radius 2 is 1.62 bits per heavy atom. The molecular formula is C6H16BP. The van der Waals surface area contributed by atoms with Gasteiger partial charge in [-0.3, -0.25) is 0 Å². The van der Waals surface area contributed by atoms with Crippen LogP contribution in [0.4, 0.5) is 0 Å². The molecular weight excluding hydrogens is 114 g/mol. The van der Waals surface area contributed by atoms with E-state index in [1.807, 2.05) is 0 Å². The largest absolute Gasteiger partial charge is 0.165 e. The normalized spacial score (nSPS) is 31.5. The predicted octanol–water partition coefficient (Wildman–Crippen LogP) is 2.48. The van der Waals surface area contributed by atoms with Crippen LogP contribution in [0.2, 0.25) is 20.0 Å². The third-order valence-corrected chi connectivity index (χ3v) is 8.76. The minimum Gasteiger partial charge on any atom is -0.158 e. The van der Waals surface area contributed by atoms with Crippen molar-refractivity contribution >= 4 is 13.0 Å². The Morgan fingerprint density at radius 1 is 1.25 bits per heavy atom. The lowest BCUT2D eigenvalue weighted by Crippen LogP contribution is -2.41. The third-order valence-electron chi connectivity index (χ3n) is 3.30. The minimum atomic E-state index is -0.356. The van der Waals surface area contributed by atoms with Crippen LogP contribution in [0.3, 0.4) is 0 Å². The van der Waals surface area contributed by atoms with Crippen LogP contribution in [0, 0.1) is 0 Å². The maximum atomic E-state index is 2.50. The highest BCUT2D eigenvalue weighted by molar-refractivity contribution is 8.09. The van der Waals surface area contributed by atoms with E-state index in [0.29, 0.717) is 0 Å². The molecule has 1 heterocycles. The molecule has 0 saturated carbocycles. The summed E-state index contributed by atoms with van der Waals surface area (Å²) in [5, 5.41) is 0. The van der Waals surface area contributed by atoms with Gasteiger partial charge in [-0.1, -0.05) is 0 Å². The van der Waals surface area contributed by atoms with Gasteiger partial charge in [0.1, 0.15) is 0 Å². The van der Waals surface area contributed by atoms with Gasteiger partial charge in [-0.15, -0.1) is 6.32 Å². The van der Waals surface area contributed by atoms with Crippen LogP contribution < -0.4 is 0 Å².